The van der Waals surface area contributed by atoms with Crippen LogP contribution in [0.1, 0.15) is 45.5 Å². The predicted octanol–water partition coefficient (Wildman–Crippen LogP) is 9.15. The quantitative estimate of drug-likeness (QED) is 0.220. The van der Waals surface area contributed by atoms with E-state index in [2.05, 4.69) is 29.2 Å². The average Bonchev–Trinajstić information content (AvgIpc) is 3.41. The zero-order valence-corrected chi connectivity index (χ0v) is 24.2. The normalized spacial score (nSPS) is 16.6. The first kappa shape index (κ1) is 27.0. The summed E-state index contributed by atoms with van der Waals surface area (Å²) in [5.41, 5.74) is 7.31. The summed E-state index contributed by atoms with van der Waals surface area (Å²) in [7, 11) is 0. The number of fused-ring (bicyclic) bond motifs is 6. The first-order valence-corrected chi connectivity index (χ1v) is 14.7. The number of nitrogens with zero attached hydrogens (tertiary/aromatic N) is 2. The van der Waals surface area contributed by atoms with Crippen LogP contribution in [0.4, 0.5) is 8.78 Å². The molecule has 2 heterocycles. The van der Waals surface area contributed by atoms with Crippen LogP contribution >= 0.6 is 0 Å². The molecule has 0 spiro atoms. The maximum absolute atomic E-state index is 14.3. The number of pyridine rings is 1. The predicted molar refractivity (Wildman–Crippen MR) is 169 cm³/mol. The summed E-state index contributed by atoms with van der Waals surface area (Å²) in [4.78, 5) is 9.64. The van der Waals surface area contributed by atoms with Crippen molar-refractivity contribution >= 4 is 16.8 Å². The summed E-state index contributed by atoms with van der Waals surface area (Å²) < 4.78 is 41.6. The third kappa shape index (κ3) is 4.96. The molecule has 1 aliphatic carbocycles. The number of aryl methyl sites for hydroxylation is 1. The van der Waals surface area contributed by atoms with Crippen molar-refractivity contribution in [1.82, 2.24) is 4.98 Å². The van der Waals surface area contributed by atoms with Crippen LogP contribution in [0, 0.1) is 18.6 Å². The van der Waals surface area contributed by atoms with E-state index in [-0.39, 0.29) is 23.8 Å². The lowest BCUT2D eigenvalue weighted by atomic mass is 9.97. The number of halogens is 2. The van der Waals surface area contributed by atoms with E-state index in [0.29, 0.717) is 33.9 Å². The lowest BCUT2D eigenvalue weighted by molar-refractivity contribution is 0.197. The second kappa shape index (κ2) is 10.6. The van der Waals surface area contributed by atoms with Crippen molar-refractivity contribution in [2.45, 2.75) is 25.5 Å². The molecular weight excluding hydrogens is 570 g/mol. The number of phenolic OH excluding ortho intramolecular Hbond substituents is 1. The van der Waals surface area contributed by atoms with Crippen LogP contribution in [0.5, 0.6) is 17.4 Å². The van der Waals surface area contributed by atoms with Gasteiger partial charge in [0.15, 0.2) is 6.10 Å². The van der Waals surface area contributed by atoms with Gasteiger partial charge < -0.3 is 14.6 Å². The van der Waals surface area contributed by atoms with Crippen LogP contribution in [-0.2, 0) is 11.2 Å². The van der Waals surface area contributed by atoms with Gasteiger partial charge in [0, 0.05) is 23.1 Å². The van der Waals surface area contributed by atoms with Crippen molar-refractivity contribution in [2.24, 2.45) is 4.99 Å². The maximum atomic E-state index is 14.3. The van der Waals surface area contributed by atoms with E-state index in [1.807, 2.05) is 43.3 Å². The zero-order valence-electron chi connectivity index (χ0n) is 24.2. The minimum atomic E-state index is -0.690. The van der Waals surface area contributed by atoms with Gasteiger partial charge in [0.2, 0.25) is 11.8 Å². The number of phenols is 1. The molecule has 1 aliphatic heterocycles. The van der Waals surface area contributed by atoms with Crippen molar-refractivity contribution in [2.75, 3.05) is 0 Å². The first-order chi connectivity index (χ1) is 21.9. The molecule has 1 N–H and O–H groups in total. The minimum absolute atomic E-state index is 0.0490. The third-order valence-electron chi connectivity index (χ3n) is 8.36. The van der Waals surface area contributed by atoms with Crippen molar-refractivity contribution in [3.8, 4) is 28.5 Å². The molecule has 220 valence electrons. The monoisotopic (exact) mass is 596 g/mol. The number of aromatic nitrogens is 1. The molecule has 0 saturated carbocycles. The van der Waals surface area contributed by atoms with Crippen LogP contribution in [0.25, 0.3) is 22.0 Å². The van der Waals surface area contributed by atoms with Gasteiger partial charge >= 0.3 is 0 Å². The molecule has 0 amide bonds. The average molecular weight is 597 g/mol. The van der Waals surface area contributed by atoms with Crippen molar-refractivity contribution in [1.29, 1.82) is 0 Å². The van der Waals surface area contributed by atoms with Gasteiger partial charge in [-0.05, 0) is 101 Å². The summed E-state index contributed by atoms with van der Waals surface area (Å²) in [5, 5.41) is 11.3. The standard InChI is InChI=1S/C38H26F2N2O3/c1-21-12-24-10-11-34(41-35(24)33(43)13-21)44-30-18-25(26-16-28(39)20-29(40)17-26)15-27(19-30)38-42-36-31-8-4-2-6-22(31)14-23-7-3-5-9-32(23)37(36)45-38/h2-13,15-20,36-37,43H,14H2,1H3/t36-,37+/m0/s1. The largest absolute Gasteiger partial charge is 0.506 e. The van der Waals surface area contributed by atoms with Gasteiger partial charge in [0.25, 0.3) is 0 Å². The number of ether oxygens (including phenoxy) is 2. The molecule has 6 aromatic rings. The number of benzene rings is 5. The van der Waals surface area contributed by atoms with E-state index in [1.54, 1.807) is 30.3 Å². The van der Waals surface area contributed by atoms with E-state index in [1.165, 1.54) is 23.3 Å². The summed E-state index contributed by atoms with van der Waals surface area (Å²) in [6, 6.07) is 32.0. The fraction of sp³-hybridized carbons (Fsp3) is 0.105. The number of aromatic hydroxyl groups is 1. The van der Waals surface area contributed by atoms with E-state index < -0.39 is 11.6 Å². The Morgan fingerprint density at radius 2 is 1.44 bits per heavy atom. The Bertz CT molecular complexity index is 2160. The molecule has 2 aliphatic rings. The second-order valence-corrected chi connectivity index (χ2v) is 11.5. The summed E-state index contributed by atoms with van der Waals surface area (Å²) in [5.74, 6) is -0.315. The fourth-order valence-corrected chi connectivity index (χ4v) is 6.37. The van der Waals surface area contributed by atoms with Crippen LogP contribution < -0.4 is 4.74 Å². The second-order valence-electron chi connectivity index (χ2n) is 11.5. The van der Waals surface area contributed by atoms with Gasteiger partial charge in [0.05, 0.1) is 0 Å². The number of rotatable bonds is 4. The Balaban J connectivity index is 1.25. The van der Waals surface area contributed by atoms with Gasteiger partial charge in [-0.25, -0.2) is 18.8 Å². The Hall–Kier alpha value is -5.56. The van der Waals surface area contributed by atoms with Gasteiger partial charge in [-0.1, -0.05) is 48.5 Å². The highest BCUT2D eigenvalue weighted by molar-refractivity contribution is 5.97. The molecule has 5 aromatic carbocycles. The van der Waals surface area contributed by atoms with Gasteiger partial charge in [0.1, 0.15) is 34.7 Å². The van der Waals surface area contributed by atoms with Crippen LogP contribution in [0.15, 0.2) is 114 Å². The first-order valence-electron chi connectivity index (χ1n) is 14.7. The lowest BCUT2D eigenvalue weighted by Gasteiger charge is -2.18. The summed E-state index contributed by atoms with van der Waals surface area (Å²) in [6.45, 7) is 1.90. The molecule has 45 heavy (non-hydrogen) atoms. The molecule has 0 unspecified atom stereocenters. The highest BCUT2D eigenvalue weighted by atomic mass is 19.1. The topological polar surface area (TPSA) is 63.9 Å². The highest BCUT2D eigenvalue weighted by Crippen LogP contribution is 2.47. The van der Waals surface area contributed by atoms with Crippen LogP contribution in [0.3, 0.4) is 0 Å². The third-order valence-corrected chi connectivity index (χ3v) is 8.36. The van der Waals surface area contributed by atoms with E-state index in [0.717, 1.165) is 34.6 Å². The lowest BCUT2D eigenvalue weighted by Crippen LogP contribution is -2.09. The zero-order chi connectivity index (χ0) is 30.7. The Morgan fingerprint density at radius 1 is 0.756 bits per heavy atom. The molecule has 7 heteroatoms. The minimum Gasteiger partial charge on any atom is -0.506 e. The fourth-order valence-electron chi connectivity index (χ4n) is 6.37. The highest BCUT2D eigenvalue weighted by Gasteiger charge is 2.38. The Morgan fingerprint density at radius 3 is 2.24 bits per heavy atom. The molecule has 2 atom stereocenters. The molecule has 1 aromatic heterocycles. The number of hydrogen-bond donors (Lipinski definition) is 1. The Kier molecular flexibility index (Phi) is 6.34. The van der Waals surface area contributed by atoms with E-state index in [9.17, 15) is 13.9 Å². The Labute approximate surface area is 258 Å². The number of hydrogen-bond acceptors (Lipinski definition) is 5. The summed E-state index contributed by atoms with van der Waals surface area (Å²) >= 11 is 0. The van der Waals surface area contributed by atoms with Gasteiger partial charge in [-0.2, -0.15) is 0 Å². The summed E-state index contributed by atoms with van der Waals surface area (Å²) in [6.07, 6.45) is 0.452. The maximum Gasteiger partial charge on any atom is 0.219 e. The van der Waals surface area contributed by atoms with Gasteiger partial charge in [-0.3, -0.25) is 0 Å². The molecule has 0 saturated heterocycles. The molecular formula is C38H26F2N2O3. The molecule has 0 fully saturated rings. The van der Waals surface area contributed by atoms with Crippen LogP contribution in [0.2, 0.25) is 0 Å². The van der Waals surface area contributed by atoms with Crippen molar-refractivity contribution < 1.29 is 23.4 Å². The van der Waals surface area contributed by atoms with Crippen molar-refractivity contribution in [3.63, 3.8) is 0 Å². The van der Waals surface area contributed by atoms with Crippen LogP contribution in [-0.4, -0.2) is 16.0 Å². The van der Waals surface area contributed by atoms with E-state index >= 15 is 0 Å². The smallest absolute Gasteiger partial charge is 0.219 e. The molecule has 0 radical (unpaired) electrons. The SMILES string of the molecule is Cc1cc(O)c2nc(Oc3cc(C4=N[C@H]5c6ccccc6Cc6ccccc6[C@H]5O4)cc(-c4cc(F)cc(F)c4)c3)ccc2c1. The molecule has 0 bridgehead atoms. The van der Waals surface area contributed by atoms with E-state index in [4.69, 9.17) is 14.5 Å². The van der Waals surface area contributed by atoms with Crippen molar-refractivity contribution in [3.05, 3.63) is 154 Å². The van der Waals surface area contributed by atoms with Gasteiger partial charge in [-0.15, -0.1) is 0 Å². The molecule has 8 rings (SSSR count). The number of aliphatic imine (C=N–C) groups is 1. The molecule has 5 nitrogen and oxygen atoms in total.